The monoisotopic (exact) mass is 928 g/mol. The predicted molar refractivity (Wildman–Crippen MR) is 294 cm³/mol. The summed E-state index contributed by atoms with van der Waals surface area (Å²) >= 11 is 2.04. The van der Waals surface area contributed by atoms with Crippen molar-refractivity contribution >= 4 is 78.1 Å². The molecule has 8 aliphatic carbocycles. The van der Waals surface area contributed by atoms with E-state index in [0.717, 1.165) is 53.7 Å². The standard InChI is InChI=1S/C64H74BN3S/c1-59(2,3)36-14-18-39(19-15-36)68-51-22-16-38(61(7,8)9)28-50(51)65-55-52(30-54(66-58(55)68)64-31-45-41-24-35-25-42(45)47(33-64)43(26-35)46(41)32-64)67(40-20-21-48-49(29-40)63(12,13)34-62(48,10)11)56-44-27-37(60(4,5)6)17-23-53(44)69-57(56)65/h14-23,27-30,35,41-43,45-47H,24-26,31-34H2,1-13H3. The van der Waals surface area contributed by atoms with E-state index in [0.29, 0.717) is 0 Å². The number of nitrogens with zero attached hydrogens (tertiary/aromatic N) is 3. The SMILES string of the molecule is CC(C)(C)c1ccc(N2c3ccc(C(C)(C)C)cc3B3c4sc5ccc(C(C)(C)C)cc5c4N(c4ccc5c(c4)C(C)(C)CC5(C)C)c4cc(C56CC7C8CC9CC7C(C5)C(C9)C8C6)nc2c43)cc1. The van der Waals surface area contributed by atoms with Crippen LogP contribution in [0.4, 0.5) is 34.3 Å². The van der Waals surface area contributed by atoms with Crippen molar-refractivity contribution in [1.82, 2.24) is 4.98 Å². The first-order valence-corrected chi connectivity index (χ1v) is 27.9. The molecule has 10 aliphatic rings. The molecule has 2 aliphatic heterocycles. The lowest BCUT2D eigenvalue weighted by molar-refractivity contribution is -0.213. The van der Waals surface area contributed by atoms with Gasteiger partial charge in [-0.2, -0.15) is 0 Å². The van der Waals surface area contributed by atoms with Crippen molar-refractivity contribution < 1.29 is 0 Å². The molecule has 69 heavy (non-hydrogen) atoms. The van der Waals surface area contributed by atoms with Gasteiger partial charge in [0.05, 0.1) is 11.4 Å². The largest absolute Gasteiger partial charge is 0.310 e. The molecule has 8 bridgehead atoms. The molecule has 0 unspecified atom stereocenters. The maximum atomic E-state index is 6.33. The molecule has 0 radical (unpaired) electrons. The van der Waals surface area contributed by atoms with Crippen molar-refractivity contribution in [3.8, 4) is 0 Å². The first-order chi connectivity index (χ1) is 32.5. The van der Waals surface area contributed by atoms with E-state index >= 15 is 0 Å². The van der Waals surface area contributed by atoms with Gasteiger partial charge in [0.1, 0.15) is 5.82 Å². The molecule has 4 aromatic carbocycles. The Labute approximate surface area is 418 Å². The third-order valence-electron chi connectivity index (χ3n) is 20.4. The maximum absolute atomic E-state index is 6.33. The molecule has 0 N–H and O–H groups in total. The lowest BCUT2D eigenvalue weighted by Gasteiger charge is -2.72. The molecule has 7 fully saturated rings. The number of hydrogen-bond acceptors (Lipinski definition) is 4. The zero-order valence-corrected chi connectivity index (χ0v) is 44.7. The van der Waals surface area contributed by atoms with Gasteiger partial charge in [0, 0.05) is 43.0 Å². The van der Waals surface area contributed by atoms with E-state index in [2.05, 4.69) is 185 Å². The van der Waals surface area contributed by atoms with Gasteiger partial charge < -0.3 is 4.90 Å². The second-order valence-corrected chi connectivity index (χ2v) is 29.7. The molecule has 2 aromatic heterocycles. The van der Waals surface area contributed by atoms with E-state index in [4.69, 9.17) is 4.98 Å². The fourth-order valence-electron chi connectivity index (χ4n) is 17.5. The van der Waals surface area contributed by atoms with E-state index in [1.807, 2.05) is 11.3 Å². The maximum Gasteiger partial charge on any atom is 0.266 e. The van der Waals surface area contributed by atoms with Crippen LogP contribution >= 0.6 is 11.3 Å². The predicted octanol–water partition coefficient (Wildman–Crippen LogP) is 15.2. The van der Waals surface area contributed by atoms with E-state index in [9.17, 15) is 0 Å². The second kappa shape index (κ2) is 13.6. The highest BCUT2D eigenvalue weighted by molar-refractivity contribution is 7.33. The Balaban J connectivity index is 1.09. The molecular formula is C64H74BN3S. The van der Waals surface area contributed by atoms with Crippen LogP contribution in [-0.4, -0.2) is 11.7 Å². The van der Waals surface area contributed by atoms with Crippen LogP contribution in [0.5, 0.6) is 0 Å². The Morgan fingerprint density at radius 2 is 1.13 bits per heavy atom. The molecular weight excluding hydrogens is 854 g/mol. The summed E-state index contributed by atoms with van der Waals surface area (Å²) in [5.74, 6) is 7.64. The highest BCUT2D eigenvalue weighted by atomic mass is 32.1. The Morgan fingerprint density at radius 3 is 1.75 bits per heavy atom. The number of fused-ring (bicyclic) bond motifs is 7. The lowest BCUT2D eigenvalue weighted by Crippen LogP contribution is -2.66. The van der Waals surface area contributed by atoms with Crippen LogP contribution in [-0.2, 0) is 32.5 Å². The average molecular weight is 928 g/mol. The molecule has 4 heterocycles. The fraction of sp³-hybridized carbons (Fsp3) is 0.516. The summed E-state index contributed by atoms with van der Waals surface area (Å²) in [6.45, 7) is 31.3. The minimum Gasteiger partial charge on any atom is -0.310 e. The molecule has 0 saturated heterocycles. The minimum absolute atomic E-state index is 0.00695. The number of rotatable bonds is 3. The molecule has 7 saturated carbocycles. The van der Waals surface area contributed by atoms with Crippen LogP contribution in [0.25, 0.3) is 10.1 Å². The number of aromatic nitrogens is 1. The normalized spacial score (nSPS) is 29.5. The number of pyridine rings is 1. The second-order valence-electron chi connectivity index (χ2n) is 28.6. The van der Waals surface area contributed by atoms with E-state index in [-0.39, 0.29) is 39.2 Å². The molecule has 3 nitrogen and oxygen atoms in total. The van der Waals surface area contributed by atoms with Crippen molar-refractivity contribution in [2.45, 2.75) is 167 Å². The van der Waals surface area contributed by atoms with Gasteiger partial charge in [0.25, 0.3) is 6.71 Å². The van der Waals surface area contributed by atoms with Crippen LogP contribution in [0, 0.1) is 41.4 Å². The Kier molecular flexibility index (Phi) is 8.55. The summed E-state index contributed by atoms with van der Waals surface area (Å²) in [6.07, 6.45) is 9.67. The molecule has 16 rings (SSSR count). The van der Waals surface area contributed by atoms with Crippen LogP contribution in [0.3, 0.4) is 0 Å². The van der Waals surface area contributed by atoms with Crippen molar-refractivity contribution in [2.24, 2.45) is 41.4 Å². The van der Waals surface area contributed by atoms with Crippen LogP contribution in [0.15, 0.2) is 84.9 Å². The van der Waals surface area contributed by atoms with Gasteiger partial charge in [-0.15, -0.1) is 11.3 Å². The first-order valence-electron chi connectivity index (χ1n) is 27.1. The highest BCUT2D eigenvalue weighted by Crippen LogP contribution is 2.74. The Bertz CT molecular complexity index is 3120. The summed E-state index contributed by atoms with van der Waals surface area (Å²) in [4.78, 5) is 11.8. The zero-order chi connectivity index (χ0) is 47.9. The van der Waals surface area contributed by atoms with Crippen molar-refractivity contribution in [1.29, 1.82) is 0 Å². The Hall–Kier alpha value is -4.35. The lowest BCUT2D eigenvalue weighted by atomic mass is 9.32. The number of anilines is 6. The summed E-state index contributed by atoms with van der Waals surface area (Å²) < 4.78 is 2.83. The summed E-state index contributed by atoms with van der Waals surface area (Å²) in [7, 11) is 0. The minimum atomic E-state index is -0.00695. The topological polar surface area (TPSA) is 19.4 Å². The molecule has 5 heteroatoms. The molecule has 0 spiro atoms. The van der Waals surface area contributed by atoms with Gasteiger partial charge in [-0.05, 0) is 201 Å². The van der Waals surface area contributed by atoms with E-state index < -0.39 is 0 Å². The van der Waals surface area contributed by atoms with Crippen molar-refractivity contribution in [3.63, 3.8) is 0 Å². The zero-order valence-electron chi connectivity index (χ0n) is 43.9. The molecule has 354 valence electrons. The fourth-order valence-corrected chi connectivity index (χ4v) is 18.8. The molecule has 0 atom stereocenters. The number of hydrogen-bond donors (Lipinski definition) is 0. The van der Waals surface area contributed by atoms with E-state index in [1.54, 1.807) is 0 Å². The first kappa shape index (κ1) is 43.4. The summed E-state index contributed by atoms with van der Waals surface area (Å²) in [5, 5.41) is 1.39. The van der Waals surface area contributed by atoms with Crippen molar-refractivity contribution in [3.05, 3.63) is 118 Å². The van der Waals surface area contributed by atoms with Crippen LogP contribution < -0.4 is 25.5 Å². The summed E-state index contributed by atoms with van der Waals surface area (Å²) in [6, 6.07) is 34.9. The highest BCUT2D eigenvalue weighted by Gasteiger charge is 2.68. The third-order valence-corrected chi connectivity index (χ3v) is 21.6. The van der Waals surface area contributed by atoms with Gasteiger partial charge in [0.15, 0.2) is 0 Å². The van der Waals surface area contributed by atoms with Crippen molar-refractivity contribution in [2.75, 3.05) is 9.80 Å². The van der Waals surface area contributed by atoms with Crippen LogP contribution in [0.1, 0.15) is 168 Å². The van der Waals surface area contributed by atoms with E-state index in [1.165, 1.54) is 126 Å². The molecule has 0 amide bonds. The Morgan fingerprint density at radius 1 is 0.565 bits per heavy atom. The number of benzene rings is 4. The van der Waals surface area contributed by atoms with Gasteiger partial charge in [-0.1, -0.05) is 126 Å². The van der Waals surface area contributed by atoms with Gasteiger partial charge in [-0.25, -0.2) is 4.98 Å². The average Bonchev–Trinajstić information content (AvgIpc) is 3.75. The summed E-state index contributed by atoms with van der Waals surface area (Å²) in [5.41, 5.74) is 18.3. The quantitative estimate of drug-likeness (QED) is 0.165. The number of thiophene rings is 1. The van der Waals surface area contributed by atoms with Gasteiger partial charge in [0.2, 0.25) is 0 Å². The van der Waals surface area contributed by atoms with Gasteiger partial charge in [-0.3, -0.25) is 4.90 Å². The molecule has 6 aromatic rings. The third kappa shape index (κ3) is 5.95. The van der Waals surface area contributed by atoms with Crippen LogP contribution in [0.2, 0.25) is 0 Å². The van der Waals surface area contributed by atoms with Gasteiger partial charge >= 0.3 is 0 Å². The smallest absolute Gasteiger partial charge is 0.266 e.